The zero-order chi connectivity index (χ0) is 37.1. The predicted molar refractivity (Wildman–Crippen MR) is 238 cm³/mol. The highest BCUT2D eigenvalue weighted by molar-refractivity contribution is 6.24. The van der Waals surface area contributed by atoms with Crippen molar-refractivity contribution in [3.8, 4) is 44.5 Å². The molecule has 56 heavy (non-hydrogen) atoms. The molecular formula is C55H36O. The normalized spacial score (nSPS) is 13.3. The summed E-state index contributed by atoms with van der Waals surface area (Å²) in [6.45, 7) is 4.66. The van der Waals surface area contributed by atoms with Crippen molar-refractivity contribution in [1.82, 2.24) is 0 Å². The number of furan rings is 1. The monoisotopic (exact) mass is 712 g/mol. The first-order valence-electron chi connectivity index (χ1n) is 19.6. The first-order chi connectivity index (χ1) is 27.5. The van der Waals surface area contributed by atoms with Crippen LogP contribution in [0, 0.1) is 0 Å². The van der Waals surface area contributed by atoms with E-state index in [0.717, 1.165) is 11.2 Å². The van der Waals surface area contributed by atoms with Gasteiger partial charge in [-0.2, -0.15) is 0 Å². The SMILES string of the molecule is CC1(C)c2ccccc2-c2ccc3c(oc4cc(-c5ccc(-c6c7ccccc7c(-c7ccc8ccccc8c7)c7ccccc67)cc5)c5ccccc5c43)c21. The van der Waals surface area contributed by atoms with E-state index < -0.39 is 0 Å². The lowest BCUT2D eigenvalue weighted by Crippen LogP contribution is -2.15. The van der Waals surface area contributed by atoms with Gasteiger partial charge in [-0.1, -0.05) is 178 Å². The molecule has 0 saturated carbocycles. The Labute approximate surface area is 325 Å². The summed E-state index contributed by atoms with van der Waals surface area (Å²) in [5.74, 6) is 0. The quantitative estimate of drug-likeness (QED) is 0.166. The molecule has 1 aromatic heterocycles. The van der Waals surface area contributed by atoms with Crippen LogP contribution in [-0.4, -0.2) is 0 Å². The molecule has 0 unspecified atom stereocenters. The maximum Gasteiger partial charge on any atom is 0.140 e. The van der Waals surface area contributed by atoms with Gasteiger partial charge in [-0.05, 0) is 111 Å². The van der Waals surface area contributed by atoms with Crippen LogP contribution in [0.3, 0.4) is 0 Å². The molecule has 1 heterocycles. The van der Waals surface area contributed by atoms with Gasteiger partial charge in [-0.25, -0.2) is 0 Å². The van der Waals surface area contributed by atoms with E-state index in [1.165, 1.54) is 109 Å². The Bertz CT molecular complexity index is 3370. The lowest BCUT2D eigenvalue weighted by molar-refractivity contribution is 0.620. The third-order valence-electron chi connectivity index (χ3n) is 12.6. The number of hydrogen-bond acceptors (Lipinski definition) is 1. The Morgan fingerprint density at radius 2 is 0.929 bits per heavy atom. The molecule has 1 aliphatic carbocycles. The molecular weight excluding hydrogens is 677 g/mol. The van der Waals surface area contributed by atoms with Gasteiger partial charge in [-0.15, -0.1) is 0 Å². The average molecular weight is 713 g/mol. The van der Waals surface area contributed by atoms with E-state index in [9.17, 15) is 0 Å². The van der Waals surface area contributed by atoms with Crippen LogP contribution in [-0.2, 0) is 5.41 Å². The average Bonchev–Trinajstić information content (AvgIpc) is 3.74. The highest BCUT2D eigenvalue weighted by Gasteiger charge is 2.38. The van der Waals surface area contributed by atoms with E-state index in [1.807, 2.05) is 0 Å². The minimum atomic E-state index is -0.157. The van der Waals surface area contributed by atoms with E-state index in [-0.39, 0.29) is 5.41 Å². The summed E-state index contributed by atoms with van der Waals surface area (Å²) < 4.78 is 6.99. The second-order valence-electron chi connectivity index (χ2n) is 16.0. The highest BCUT2D eigenvalue weighted by atomic mass is 16.3. The van der Waals surface area contributed by atoms with Gasteiger partial charge in [0, 0.05) is 21.8 Å². The fraction of sp³-hybridized carbons (Fsp3) is 0.0545. The topological polar surface area (TPSA) is 13.1 Å². The van der Waals surface area contributed by atoms with Crippen molar-refractivity contribution in [3.05, 3.63) is 193 Å². The first-order valence-corrected chi connectivity index (χ1v) is 19.6. The largest absolute Gasteiger partial charge is 0.456 e. The van der Waals surface area contributed by atoms with Gasteiger partial charge in [0.05, 0.1) is 0 Å². The summed E-state index contributed by atoms with van der Waals surface area (Å²) in [4.78, 5) is 0. The number of rotatable bonds is 3. The Balaban J connectivity index is 1.04. The Morgan fingerprint density at radius 1 is 0.375 bits per heavy atom. The van der Waals surface area contributed by atoms with E-state index in [2.05, 4.69) is 196 Å². The lowest BCUT2D eigenvalue weighted by Gasteiger charge is -2.21. The highest BCUT2D eigenvalue weighted by Crippen LogP contribution is 2.53. The van der Waals surface area contributed by atoms with Gasteiger partial charge in [0.1, 0.15) is 11.2 Å². The number of benzene rings is 10. The second-order valence-corrected chi connectivity index (χ2v) is 16.0. The molecule has 0 N–H and O–H groups in total. The van der Waals surface area contributed by atoms with Gasteiger partial charge < -0.3 is 4.42 Å². The third-order valence-corrected chi connectivity index (χ3v) is 12.6. The molecule has 0 atom stereocenters. The van der Waals surface area contributed by atoms with Crippen LogP contribution in [0.5, 0.6) is 0 Å². The smallest absolute Gasteiger partial charge is 0.140 e. The molecule has 0 radical (unpaired) electrons. The maximum absolute atomic E-state index is 6.99. The van der Waals surface area contributed by atoms with Crippen LogP contribution >= 0.6 is 0 Å². The lowest BCUT2D eigenvalue weighted by atomic mass is 9.81. The van der Waals surface area contributed by atoms with Gasteiger partial charge in [0.25, 0.3) is 0 Å². The van der Waals surface area contributed by atoms with E-state index in [4.69, 9.17) is 4.42 Å². The molecule has 0 amide bonds. The van der Waals surface area contributed by atoms with Crippen molar-refractivity contribution >= 4 is 65.0 Å². The van der Waals surface area contributed by atoms with Crippen LogP contribution in [0.15, 0.2) is 186 Å². The van der Waals surface area contributed by atoms with E-state index >= 15 is 0 Å². The molecule has 0 aliphatic heterocycles. The van der Waals surface area contributed by atoms with Gasteiger partial charge in [0.2, 0.25) is 0 Å². The molecule has 12 rings (SSSR count). The molecule has 1 aliphatic rings. The van der Waals surface area contributed by atoms with E-state index in [0.29, 0.717) is 0 Å². The van der Waals surface area contributed by atoms with Crippen molar-refractivity contribution < 1.29 is 4.42 Å². The Hall–Kier alpha value is -6.96. The summed E-state index contributed by atoms with van der Waals surface area (Å²) >= 11 is 0. The van der Waals surface area contributed by atoms with Crippen molar-refractivity contribution in [1.29, 1.82) is 0 Å². The molecule has 0 bridgehead atoms. The summed E-state index contributed by atoms with van der Waals surface area (Å²) in [6.07, 6.45) is 0. The Morgan fingerprint density at radius 3 is 1.64 bits per heavy atom. The van der Waals surface area contributed by atoms with Gasteiger partial charge >= 0.3 is 0 Å². The van der Waals surface area contributed by atoms with Crippen molar-refractivity contribution in [3.63, 3.8) is 0 Å². The molecule has 1 heteroatoms. The minimum Gasteiger partial charge on any atom is -0.456 e. The summed E-state index contributed by atoms with van der Waals surface area (Å²) in [6, 6.07) is 67.0. The van der Waals surface area contributed by atoms with Crippen molar-refractivity contribution in [2.75, 3.05) is 0 Å². The predicted octanol–water partition coefficient (Wildman–Crippen LogP) is 15.5. The molecule has 0 fully saturated rings. The maximum atomic E-state index is 6.99. The van der Waals surface area contributed by atoms with Crippen LogP contribution in [0.1, 0.15) is 25.0 Å². The standard InChI is InChI=1S/C55H36O/c1-55(2)48-22-12-11-16-39(48)45-29-30-46-52-40-17-6-5-15-38(40)47(32-49(52)56-54(46)53(45)55)34-24-26-35(27-25-34)50-41-18-7-9-20-43(41)51(44-21-10-8-19-42(44)50)37-28-23-33-13-3-4-14-36(33)31-37/h3-32H,1-2H3. The minimum absolute atomic E-state index is 0.157. The molecule has 262 valence electrons. The molecule has 0 spiro atoms. The van der Waals surface area contributed by atoms with E-state index in [1.54, 1.807) is 0 Å². The summed E-state index contributed by atoms with van der Waals surface area (Å²) in [5, 5.41) is 12.4. The fourth-order valence-electron chi connectivity index (χ4n) is 10.1. The van der Waals surface area contributed by atoms with Crippen molar-refractivity contribution in [2.45, 2.75) is 19.3 Å². The first kappa shape index (κ1) is 31.4. The number of hydrogen-bond donors (Lipinski definition) is 0. The van der Waals surface area contributed by atoms with Gasteiger partial charge in [0.15, 0.2) is 0 Å². The van der Waals surface area contributed by atoms with Crippen LogP contribution < -0.4 is 0 Å². The van der Waals surface area contributed by atoms with Crippen LogP contribution in [0.4, 0.5) is 0 Å². The molecule has 0 saturated heterocycles. The molecule has 1 nitrogen and oxygen atoms in total. The second kappa shape index (κ2) is 11.5. The number of fused-ring (bicyclic) bond motifs is 12. The zero-order valence-electron chi connectivity index (χ0n) is 31.2. The van der Waals surface area contributed by atoms with Gasteiger partial charge in [-0.3, -0.25) is 0 Å². The fourth-order valence-corrected chi connectivity index (χ4v) is 10.1. The molecule has 11 aromatic rings. The van der Waals surface area contributed by atoms with Crippen LogP contribution in [0.2, 0.25) is 0 Å². The van der Waals surface area contributed by atoms with Crippen LogP contribution in [0.25, 0.3) is 110 Å². The summed E-state index contributed by atoms with van der Waals surface area (Å²) in [7, 11) is 0. The Kier molecular flexibility index (Phi) is 6.46. The zero-order valence-corrected chi connectivity index (χ0v) is 31.2. The van der Waals surface area contributed by atoms with Crippen molar-refractivity contribution in [2.24, 2.45) is 0 Å². The molecule has 10 aromatic carbocycles. The summed E-state index contributed by atoms with van der Waals surface area (Å²) in [5.41, 5.74) is 14.4. The third kappa shape index (κ3) is 4.31.